The fourth-order valence-corrected chi connectivity index (χ4v) is 2.00. The molecule has 1 N–H and O–H groups in total. The number of aromatic nitrogens is 1. The molecule has 1 aromatic carbocycles. The van der Waals surface area contributed by atoms with Crippen molar-refractivity contribution in [2.45, 2.75) is 19.9 Å². The molecule has 0 spiro atoms. The number of fused-ring (bicyclic) bond motifs is 1. The van der Waals surface area contributed by atoms with Gasteiger partial charge in [0, 0.05) is 38.9 Å². The zero-order valence-corrected chi connectivity index (χ0v) is 11.9. The highest BCUT2D eigenvalue weighted by Crippen LogP contribution is 2.20. The fourth-order valence-electron chi connectivity index (χ4n) is 2.00. The smallest absolute Gasteiger partial charge is 0.408 e. The SMILES string of the molecule is CC(C)NCCN(C)c1ccc2oc(=O)n(C)c2c1. The van der Waals surface area contributed by atoms with E-state index in [2.05, 4.69) is 24.1 Å². The topological polar surface area (TPSA) is 50.4 Å². The van der Waals surface area contributed by atoms with E-state index in [4.69, 9.17) is 4.42 Å². The van der Waals surface area contributed by atoms with Gasteiger partial charge in [0.25, 0.3) is 0 Å². The Kier molecular flexibility index (Phi) is 3.95. The molecule has 104 valence electrons. The molecule has 0 aliphatic carbocycles. The van der Waals surface area contributed by atoms with E-state index >= 15 is 0 Å². The zero-order valence-electron chi connectivity index (χ0n) is 11.9. The van der Waals surface area contributed by atoms with Gasteiger partial charge >= 0.3 is 5.76 Å². The molecule has 0 atom stereocenters. The molecule has 1 heterocycles. The first-order valence-electron chi connectivity index (χ1n) is 6.53. The first-order valence-corrected chi connectivity index (χ1v) is 6.53. The van der Waals surface area contributed by atoms with Gasteiger partial charge in [-0.3, -0.25) is 4.57 Å². The minimum Gasteiger partial charge on any atom is -0.408 e. The van der Waals surface area contributed by atoms with Crippen LogP contribution in [0.15, 0.2) is 27.4 Å². The summed E-state index contributed by atoms with van der Waals surface area (Å²) < 4.78 is 6.65. The average molecular weight is 263 g/mol. The molecule has 0 aliphatic rings. The van der Waals surface area contributed by atoms with Crippen molar-refractivity contribution < 1.29 is 4.42 Å². The number of likely N-dealkylation sites (N-methyl/N-ethyl adjacent to an activating group) is 1. The number of anilines is 1. The third-order valence-corrected chi connectivity index (χ3v) is 3.22. The van der Waals surface area contributed by atoms with Gasteiger partial charge in [0.1, 0.15) is 0 Å². The molecule has 0 unspecified atom stereocenters. The standard InChI is InChI=1S/C14H21N3O2/c1-10(2)15-7-8-16(3)11-5-6-13-12(9-11)17(4)14(18)19-13/h5-6,9-10,15H,7-8H2,1-4H3. The molecule has 19 heavy (non-hydrogen) atoms. The zero-order chi connectivity index (χ0) is 14.0. The van der Waals surface area contributed by atoms with Crippen LogP contribution in [0.3, 0.4) is 0 Å². The van der Waals surface area contributed by atoms with Crippen molar-refractivity contribution in [2.24, 2.45) is 7.05 Å². The molecule has 2 rings (SSSR count). The van der Waals surface area contributed by atoms with E-state index in [-0.39, 0.29) is 5.76 Å². The summed E-state index contributed by atoms with van der Waals surface area (Å²) in [6.07, 6.45) is 0. The van der Waals surface area contributed by atoms with E-state index in [1.807, 2.05) is 25.2 Å². The summed E-state index contributed by atoms with van der Waals surface area (Å²) in [5.41, 5.74) is 2.53. The maximum absolute atomic E-state index is 11.4. The molecule has 0 saturated carbocycles. The summed E-state index contributed by atoms with van der Waals surface area (Å²) in [7, 11) is 3.76. The van der Waals surface area contributed by atoms with Gasteiger partial charge in [0.05, 0.1) is 5.52 Å². The molecule has 5 nitrogen and oxygen atoms in total. The number of benzene rings is 1. The number of rotatable bonds is 5. The van der Waals surface area contributed by atoms with Gasteiger partial charge in [0.15, 0.2) is 5.58 Å². The second kappa shape index (κ2) is 5.48. The second-order valence-corrected chi connectivity index (χ2v) is 5.11. The van der Waals surface area contributed by atoms with Gasteiger partial charge in [-0.2, -0.15) is 0 Å². The molecule has 5 heteroatoms. The van der Waals surface area contributed by atoms with Crippen LogP contribution in [0.25, 0.3) is 11.1 Å². The number of aryl methyl sites for hydroxylation is 1. The van der Waals surface area contributed by atoms with Crippen LogP contribution in [0.2, 0.25) is 0 Å². The molecule has 0 amide bonds. The van der Waals surface area contributed by atoms with E-state index in [1.165, 1.54) is 4.57 Å². The highest BCUT2D eigenvalue weighted by atomic mass is 16.4. The van der Waals surface area contributed by atoms with Crippen LogP contribution in [0.1, 0.15) is 13.8 Å². The van der Waals surface area contributed by atoms with Crippen LogP contribution < -0.4 is 16.0 Å². The molecular weight excluding hydrogens is 242 g/mol. The predicted octanol–water partition coefficient (Wildman–Crippen LogP) is 1.57. The Morgan fingerprint density at radius 2 is 2.16 bits per heavy atom. The first kappa shape index (κ1) is 13.7. The van der Waals surface area contributed by atoms with Crippen LogP contribution in [0, 0.1) is 0 Å². The maximum Gasteiger partial charge on any atom is 0.419 e. The maximum atomic E-state index is 11.4. The molecule has 2 aromatic rings. The lowest BCUT2D eigenvalue weighted by atomic mass is 10.2. The third-order valence-electron chi connectivity index (χ3n) is 3.22. The lowest BCUT2D eigenvalue weighted by Gasteiger charge is -2.20. The molecular formula is C14H21N3O2. The van der Waals surface area contributed by atoms with Crippen molar-refractivity contribution in [1.82, 2.24) is 9.88 Å². The van der Waals surface area contributed by atoms with E-state index in [0.29, 0.717) is 11.6 Å². The third kappa shape index (κ3) is 2.98. The first-order chi connectivity index (χ1) is 8.99. The quantitative estimate of drug-likeness (QED) is 0.889. The number of nitrogens with one attached hydrogen (secondary N) is 1. The number of hydrogen-bond acceptors (Lipinski definition) is 4. The van der Waals surface area contributed by atoms with Gasteiger partial charge < -0.3 is 14.6 Å². The number of hydrogen-bond donors (Lipinski definition) is 1. The Morgan fingerprint density at radius 3 is 2.84 bits per heavy atom. The second-order valence-electron chi connectivity index (χ2n) is 5.11. The lowest BCUT2D eigenvalue weighted by Crippen LogP contribution is -2.32. The summed E-state index contributed by atoms with van der Waals surface area (Å²) in [6, 6.07) is 6.29. The molecule has 1 aromatic heterocycles. The van der Waals surface area contributed by atoms with Gasteiger partial charge in [-0.25, -0.2) is 4.79 Å². The molecule has 0 fully saturated rings. The molecule has 0 radical (unpaired) electrons. The van der Waals surface area contributed by atoms with Gasteiger partial charge in [-0.15, -0.1) is 0 Å². The predicted molar refractivity (Wildman–Crippen MR) is 77.9 cm³/mol. The molecule has 0 aliphatic heterocycles. The van der Waals surface area contributed by atoms with Gasteiger partial charge in [-0.1, -0.05) is 13.8 Å². The van der Waals surface area contributed by atoms with E-state index in [0.717, 1.165) is 24.3 Å². The van der Waals surface area contributed by atoms with E-state index in [1.54, 1.807) is 7.05 Å². The minimum atomic E-state index is -0.323. The highest BCUT2D eigenvalue weighted by Gasteiger charge is 2.08. The summed E-state index contributed by atoms with van der Waals surface area (Å²) >= 11 is 0. The van der Waals surface area contributed by atoms with E-state index < -0.39 is 0 Å². The Balaban J connectivity index is 2.16. The van der Waals surface area contributed by atoms with Crippen LogP contribution in [-0.2, 0) is 7.05 Å². The summed E-state index contributed by atoms with van der Waals surface area (Å²) in [4.78, 5) is 13.6. The molecule has 0 bridgehead atoms. The summed E-state index contributed by atoms with van der Waals surface area (Å²) in [5, 5.41) is 3.38. The average Bonchev–Trinajstić information content (AvgIpc) is 2.64. The van der Waals surface area contributed by atoms with Crippen LogP contribution in [-0.4, -0.2) is 30.7 Å². The van der Waals surface area contributed by atoms with E-state index in [9.17, 15) is 4.79 Å². The number of oxazole rings is 1. The number of nitrogens with zero attached hydrogens (tertiary/aromatic N) is 2. The van der Waals surface area contributed by atoms with Crippen molar-refractivity contribution in [3.8, 4) is 0 Å². The summed E-state index contributed by atoms with van der Waals surface area (Å²) in [5.74, 6) is -0.323. The van der Waals surface area contributed by atoms with Crippen LogP contribution in [0.4, 0.5) is 5.69 Å². The monoisotopic (exact) mass is 263 g/mol. The lowest BCUT2D eigenvalue weighted by molar-refractivity contribution is 0.528. The van der Waals surface area contributed by atoms with Gasteiger partial charge in [-0.05, 0) is 18.2 Å². The molecule has 0 saturated heterocycles. The Morgan fingerprint density at radius 1 is 1.42 bits per heavy atom. The van der Waals surface area contributed by atoms with Gasteiger partial charge in [0.2, 0.25) is 0 Å². The van der Waals surface area contributed by atoms with Crippen molar-refractivity contribution >= 4 is 16.8 Å². The normalized spacial score (nSPS) is 11.4. The Bertz CT molecular complexity index is 613. The van der Waals surface area contributed by atoms with Crippen molar-refractivity contribution in [3.05, 3.63) is 28.7 Å². The van der Waals surface area contributed by atoms with Crippen LogP contribution in [0.5, 0.6) is 0 Å². The largest absolute Gasteiger partial charge is 0.419 e. The fraction of sp³-hybridized carbons (Fsp3) is 0.500. The highest BCUT2D eigenvalue weighted by molar-refractivity contribution is 5.77. The Labute approximate surface area is 112 Å². The van der Waals surface area contributed by atoms with Crippen molar-refractivity contribution in [2.75, 3.05) is 25.0 Å². The van der Waals surface area contributed by atoms with Crippen molar-refractivity contribution in [3.63, 3.8) is 0 Å². The summed E-state index contributed by atoms with van der Waals surface area (Å²) in [6.45, 7) is 6.10. The minimum absolute atomic E-state index is 0.323. The van der Waals surface area contributed by atoms with Crippen LogP contribution >= 0.6 is 0 Å². The Hall–Kier alpha value is -1.75. The van der Waals surface area contributed by atoms with Crippen molar-refractivity contribution in [1.29, 1.82) is 0 Å².